The van der Waals surface area contributed by atoms with Crippen molar-refractivity contribution >= 4 is 50.0 Å². The van der Waals surface area contributed by atoms with Crippen LogP contribution >= 0.6 is 27.5 Å². The minimum Gasteiger partial charge on any atom is -0.378 e. The van der Waals surface area contributed by atoms with Crippen LogP contribution < -0.4 is 16.0 Å². The van der Waals surface area contributed by atoms with E-state index in [1.165, 1.54) is 11.5 Å². The number of nitrogens with one attached hydrogen (secondary N) is 3. The summed E-state index contributed by atoms with van der Waals surface area (Å²) >= 11 is 4.62. The van der Waals surface area contributed by atoms with Crippen LogP contribution in [0.2, 0.25) is 0 Å². The molecular formula is C15H17BrN4O2S. The van der Waals surface area contributed by atoms with Gasteiger partial charge in [0.25, 0.3) is 5.91 Å². The number of benzene rings is 1. The SMILES string of the molecule is CNc1snc(C)c1C(=O)NCC(=O)Nc1ccc(Br)c(C)c1. The Labute approximate surface area is 147 Å². The summed E-state index contributed by atoms with van der Waals surface area (Å²) in [6.45, 7) is 3.59. The van der Waals surface area contributed by atoms with E-state index >= 15 is 0 Å². The summed E-state index contributed by atoms with van der Waals surface area (Å²) in [5.74, 6) is -0.602. The van der Waals surface area contributed by atoms with Gasteiger partial charge in [0.2, 0.25) is 5.91 Å². The van der Waals surface area contributed by atoms with Crippen molar-refractivity contribution in [3.05, 3.63) is 39.5 Å². The number of aryl methyl sites for hydroxylation is 2. The summed E-state index contributed by atoms with van der Waals surface area (Å²) in [5, 5.41) is 8.97. The van der Waals surface area contributed by atoms with Gasteiger partial charge in [-0.15, -0.1) is 0 Å². The van der Waals surface area contributed by atoms with Gasteiger partial charge in [-0.3, -0.25) is 9.59 Å². The lowest BCUT2D eigenvalue weighted by atomic mass is 10.2. The van der Waals surface area contributed by atoms with Crippen LogP contribution in [0.1, 0.15) is 21.6 Å². The molecule has 0 fully saturated rings. The molecular weight excluding hydrogens is 380 g/mol. The number of hydrogen-bond acceptors (Lipinski definition) is 5. The molecule has 3 N–H and O–H groups in total. The van der Waals surface area contributed by atoms with E-state index in [0.29, 0.717) is 21.9 Å². The van der Waals surface area contributed by atoms with E-state index in [-0.39, 0.29) is 18.4 Å². The predicted octanol–water partition coefficient (Wildman–Crippen LogP) is 2.93. The van der Waals surface area contributed by atoms with Crippen molar-refractivity contribution in [3.63, 3.8) is 0 Å². The maximum atomic E-state index is 12.2. The molecule has 2 aromatic rings. The summed E-state index contributed by atoms with van der Waals surface area (Å²) in [6, 6.07) is 5.52. The molecule has 0 atom stereocenters. The van der Waals surface area contributed by atoms with Crippen LogP contribution in [0.15, 0.2) is 22.7 Å². The predicted molar refractivity (Wildman–Crippen MR) is 96.2 cm³/mol. The average Bonchev–Trinajstić information content (AvgIpc) is 2.89. The molecule has 0 spiro atoms. The quantitative estimate of drug-likeness (QED) is 0.725. The zero-order chi connectivity index (χ0) is 17.0. The molecule has 1 heterocycles. The van der Waals surface area contributed by atoms with E-state index in [9.17, 15) is 9.59 Å². The highest BCUT2D eigenvalue weighted by Gasteiger charge is 2.18. The molecule has 6 nitrogen and oxygen atoms in total. The van der Waals surface area contributed by atoms with Gasteiger partial charge in [-0.1, -0.05) is 15.9 Å². The smallest absolute Gasteiger partial charge is 0.256 e. The van der Waals surface area contributed by atoms with Gasteiger partial charge in [0, 0.05) is 17.2 Å². The number of aromatic nitrogens is 1. The lowest BCUT2D eigenvalue weighted by molar-refractivity contribution is -0.115. The van der Waals surface area contributed by atoms with Crippen molar-refractivity contribution in [2.24, 2.45) is 0 Å². The number of amides is 2. The van der Waals surface area contributed by atoms with E-state index in [2.05, 4.69) is 36.3 Å². The maximum absolute atomic E-state index is 12.2. The van der Waals surface area contributed by atoms with Gasteiger partial charge in [0.05, 0.1) is 17.8 Å². The Hall–Kier alpha value is -1.93. The summed E-state index contributed by atoms with van der Waals surface area (Å²) < 4.78 is 5.11. The average molecular weight is 397 g/mol. The standard InChI is InChI=1S/C15H17BrN4O2S/c1-8-6-10(4-5-11(8)16)19-12(21)7-18-14(22)13-9(2)20-23-15(13)17-3/h4-6,17H,7H2,1-3H3,(H,18,22)(H,19,21). The topological polar surface area (TPSA) is 83.1 Å². The normalized spacial score (nSPS) is 10.3. The van der Waals surface area contributed by atoms with Crippen LogP contribution in [0.4, 0.5) is 10.7 Å². The largest absolute Gasteiger partial charge is 0.378 e. The van der Waals surface area contributed by atoms with Crippen molar-refractivity contribution < 1.29 is 9.59 Å². The molecule has 1 aromatic heterocycles. The number of anilines is 2. The first kappa shape index (κ1) is 17.4. The Morgan fingerprint density at radius 1 is 1.30 bits per heavy atom. The first-order valence-corrected chi connectivity index (χ1v) is 8.47. The first-order valence-electron chi connectivity index (χ1n) is 6.90. The van der Waals surface area contributed by atoms with Gasteiger partial charge in [-0.2, -0.15) is 4.37 Å². The van der Waals surface area contributed by atoms with E-state index < -0.39 is 0 Å². The van der Waals surface area contributed by atoms with E-state index in [1.54, 1.807) is 20.0 Å². The number of carbonyl (C=O) groups is 2. The second-order valence-corrected chi connectivity index (χ2v) is 6.54. The van der Waals surface area contributed by atoms with Gasteiger partial charge >= 0.3 is 0 Å². The zero-order valence-corrected chi connectivity index (χ0v) is 15.4. The van der Waals surface area contributed by atoms with Crippen LogP contribution in [-0.4, -0.2) is 29.8 Å². The molecule has 122 valence electrons. The summed E-state index contributed by atoms with van der Waals surface area (Å²) in [6.07, 6.45) is 0. The fourth-order valence-corrected chi connectivity index (χ4v) is 2.97. The third kappa shape index (κ3) is 4.29. The molecule has 0 aliphatic carbocycles. The summed E-state index contributed by atoms with van der Waals surface area (Å²) in [4.78, 5) is 24.1. The number of rotatable bonds is 5. The van der Waals surface area contributed by atoms with Crippen LogP contribution in [0.5, 0.6) is 0 Å². The van der Waals surface area contributed by atoms with Crippen LogP contribution in [0.3, 0.4) is 0 Å². The van der Waals surface area contributed by atoms with Gasteiger partial charge in [0.15, 0.2) is 0 Å². The van der Waals surface area contributed by atoms with Gasteiger partial charge in [-0.25, -0.2) is 0 Å². The Morgan fingerprint density at radius 2 is 2.04 bits per heavy atom. The Bertz CT molecular complexity index is 745. The monoisotopic (exact) mass is 396 g/mol. The van der Waals surface area contributed by atoms with Crippen LogP contribution in [0, 0.1) is 13.8 Å². The van der Waals surface area contributed by atoms with E-state index in [1.807, 2.05) is 19.1 Å². The highest BCUT2D eigenvalue weighted by Crippen LogP contribution is 2.23. The molecule has 0 saturated carbocycles. The second-order valence-electron chi connectivity index (χ2n) is 4.92. The third-order valence-electron chi connectivity index (χ3n) is 3.17. The van der Waals surface area contributed by atoms with Crippen LogP contribution in [0.25, 0.3) is 0 Å². The fraction of sp³-hybridized carbons (Fsp3) is 0.267. The molecule has 8 heteroatoms. The van der Waals surface area contributed by atoms with Crippen molar-refractivity contribution in [2.75, 3.05) is 24.2 Å². The highest BCUT2D eigenvalue weighted by molar-refractivity contribution is 9.10. The van der Waals surface area contributed by atoms with Gasteiger partial charge in [0.1, 0.15) is 5.00 Å². The minimum absolute atomic E-state index is 0.105. The first-order chi connectivity index (χ1) is 10.9. The fourth-order valence-electron chi connectivity index (χ4n) is 1.98. The lowest BCUT2D eigenvalue weighted by Crippen LogP contribution is -2.33. The zero-order valence-electron chi connectivity index (χ0n) is 13.0. The third-order valence-corrected chi connectivity index (χ3v) is 5.01. The molecule has 1 aromatic carbocycles. The highest BCUT2D eigenvalue weighted by atomic mass is 79.9. The molecule has 0 unspecified atom stereocenters. The Balaban J connectivity index is 1.94. The molecule has 0 aliphatic rings. The van der Waals surface area contributed by atoms with Gasteiger partial charge < -0.3 is 16.0 Å². The molecule has 23 heavy (non-hydrogen) atoms. The summed E-state index contributed by atoms with van der Waals surface area (Å²) in [5.41, 5.74) is 2.82. The molecule has 0 bridgehead atoms. The van der Waals surface area contributed by atoms with E-state index in [4.69, 9.17) is 0 Å². The van der Waals surface area contributed by atoms with E-state index in [0.717, 1.165) is 10.0 Å². The number of hydrogen-bond donors (Lipinski definition) is 3. The molecule has 2 amide bonds. The Kier molecular flexibility index (Phi) is 5.73. The van der Waals surface area contributed by atoms with Crippen molar-refractivity contribution in [1.82, 2.24) is 9.69 Å². The van der Waals surface area contributed by atoms with Crippen molar-refractivity contribution in [2.45, 2.75) is 13.8 Å². The number of halogens is 1. The molecule has 2 rings (SSSR count). The maximum Gasteiger partial charge on any atom is 0.256 e. The number of carbonyl (C=O) groups excluding carboxylic acids is 2. The second kappa shape index (κ2) is 7.56. The number of nitrogens with zero attached hydrogens (tertiary/aromatic N) is 1. The molecule has 0 saturated heterocycles. The van der Waals surface area contributed by atoms with Crippen molar-refractivity contribution in [3.8, 4) is 0 Å². The minimum atomic E-state index is -0.317. The Morgan fingerprint density at radius 3 is 2.70 bits per heavy atom. The van der Waals surface area contributed by atoms with Crippen LogP contribution in [-0.2, 0) is 4.79 Å². The van der Waals surface area contributed by atoms with Gasteiger partial charge in [-0.05, 0) is 49.1 Å². The van der Waals surface area contributed by atoms with Crippen molar-refractivity contribution in [1.29, 1.82) is 0 Å². The summed E-state index contributed by atoms with van der Waals surface area (Å²) in [7, 11) is 1.73. The molecule has 0 aliphatic heterocycles. The lowest BCUT2D eigenvalue weighted by Gasteiger charge is -2.09. The molecule has 0 radical (unpaired) electrons.